The fourth-order valence-corrected chi connectivity index (χ4v) is 2.50. The van der Waals surface area contributed by atoms with Crippen LogP contribution in [0.4, 0.5) is 0 Å². The van der Waals surface area contributed by atoms with Crippen LogP contribution in [0.25, 0.3) is 0 Å². The van der Waals surface area contributed by atoms with Crippen molar-refractivity contribution >= 4 is 5.97 Å². The van der Waals surface area contributed by atoms with Crippen LogP contribution in [0.3, 0.4) is 0 Å². The lowest BCUT2D eigenvalue weighted by atomic mass is 10.1. The Labute approximate surface area is 108 Å². The number of carbonyl (C=O) groups is 1. The molecule has 0 radical (unpaired) electrons. The first-order chi connectivity index (χ1) is 8.66. The zero-order valence-electron chi connectivity index (χ0n) is 10.8. The van der Waals surface area contributed by atoms with Crippen molar-refractivity contribution < 1.29 is 14.6 Å². The molecule has 0 aliphatic heterocycles. The van der Waals surface area contributed by atoms with Crippen molar-refractivity contribution in [2.24, 2.45) is 0 Å². The summed E-state index contributed by atoms with van der Waals surface area (Å²) < 4.78 is 5.96. The highest BCUT2D eigenvalue weighted by Gasteiger charge is 2.14. The van der Waals surface area contributed by atoms with E-state index in [0.29, 0.717) is 11.7 Å². The Bertz CT molecular complexity index is 418. The van der Waals surface area contributed by atoms with E-state index < -0.39 is 5.97 Å². The maximum Gasteiger partial charge on any atom is 0.335 e. The van der Waals surface area contributed by atoms with Gasteiger partial charge in [-0.05, 0) is 56.4 Å². The average Bonchev–Trinajstić information content (AvgIpc) is 2.57. The first-order valence-electron chi connectivity index (χ1n) is 6.67. The highest BCUT2D eigenvalue weighted by atomic mass is 16.5. The van der Waals surface area contributed by atoms with E-state index >= 15 is 0 Å². The van der Waals surface area contributed by atoms with E-state index in [0.717, 1.165) is 24.2 Å². The van der Waals surface area contributed by atoms with Crippen molar-refractivity contribution in [2.75, 3.05) is 0 Å². The molecule has 0 amide bonds. The van der Waals surface area contributed by atoms with Crippen LogP contribution in [0, 0.1) is 6.92 Å². The third kappa shape index (κ3) is 3.25. The molecule has 1 N–H and O–H groups in total. The average molecular weight is 248 g/mol. The number of carboxylic acid groups (broad SMARTS) is 1. The Morgan fingerprint density at radius 1 is 1.22 bits per heavy atom. The topological polar surface area (TPSA) is 46.5 Å². The highest BCUT2D eigenvalue weighted by molar-refractivity contribution is 5.89. The van der Waals surface area contributed by atoms with Gasteiger partial charge in [-0.3, -0.25) is 0 Å². The van der Waals surface area contributed by atoms with Crippen molar-refractivity contribution in [3.8, 4) is 5.75 Å². The van der Waals surface area contributed by atoms with Crippen molar-refractivity contribution in [1.82, 2.24) is 0 Å². The minimum absolute atomic E-state index is 0.294. The molecule has 98 valence electrons. The summed E-state index contributed by atoms with van der Waals surface area (Å²) in [5.74, 6) is -0.0853. The van der Waals surface area contributed by atoms with E-state index in [9.17, 15) is 4.79 Å². The number of hydrogen-bond donors (Lipinski definition) is 1. The van der Waals surface area contributed by atoms with Crippen molar-refractivity contribution in [3.05, 3.63) is 29.3 Å². The van der Waals surface area contributed by atoms with Crippen LogP contribution in [0.2, 0.25) is 0 Å². The lowest BCUT2D eigenvalue weighted by molar-refractivity contribution is 0.0696. The van der Waals surface area contributed by atoms with E-state index in [1.807, 2.05) is 13.0 Å². The lowest BCUT2D eigenvalue weighted by Crippen LogP contribution is -2.15. The molecule has 0 aromatic heterocycles. The first-order valence-corrected chi connectivity index (χ1v) is 6.67. The maximum absolute atomic E-state index is 10.9. The maximum atomic E-state index is 10.9. The van der Waals surface area contributed by atoms with E-state index in [4.69, 9.17) is 9.84 Å². The Morgan fingerprint density at radius 3 is 2.44 bits per heavy atom. The monoisotopic (exact) mass is 248 g/mol. The predicted octanol–water partition coefficient (Wildman–Crippen LogP) is 3.79. The zero-order chi connectivity index (χ0) is 13.0. The predicted molar refractivity (Wildman–Crippen MR) is 70.3 cm³/mol. The van der Waals surface area contributed by atoms with Gasteiger partial charge in [0.1, 0.15) is 5.75 Å². The van der Waals surface area contributed by atoms with Crippen LogP contribution in [0.15, 0.2) is 18.2 Å². The van der Waals surface area contributed by atoms with E-state index in [-0.39, 0.29) is 0 Å². The molecule has 0 saturated heterocycles. The van der Waals surface area contributed by atoms with Gasteiger partial charge < -0.3 is 9.84 Å². The van der Waals surface area contributed by atoms with Gasteiger partial charge in [0.25, 0.3) is 0 Å². The van der Waals surface area contributed by atoms with Crippen molar-refractivity contribution in [1.29, 1.82) is 0 Å². The number of aromatic carboxylic acids is 1. The second kappa shape index (κ2) is 5.89. The molecule has 0 unspecified atom stereocenters. The van der Waals surface area contributed by atoms with E-state index in [1.54, 1.807) is 12.1 Å². The largest absolute Gasteiger partial charge is 0.490 e. The van der Waals surface area contributed by atoms with Gasteiger partial charge in [0.05, 0.1) is 11.7 Å². The summed E-state index contributed by atoms with van der Waals surface area (Å²) in [6.07, 6.45) is 7.59. The molecule has 2 rings (SSSR count). The molecule has 1 aliphatic rings. The Hall–Kier alpha value is -1.51. The molecule has 0 bridgehead atoms. The Kier molecular flexibility index (Phi) is 4.24. The molecular weight excluding hydrogens is 228 g/mol. The standard InChI is InChI=1S/C15H20O3/c1-11-10-13(8-9-14(11)15(16)17)18-12-6-4-2-3-5-7-12/h8-10,12H,2-7H2,1H3,(H,16,17). The minimum atomic E-state index is -0.881. The van der Waals surface area contributed by atoms with Gasteiger partial charge >= 0.3 is 5.97 Å². The van der Waals surface area contributed by atoms with Gasteiger partial charge in [-0.15, -0.1) is 0 Å². The minimum Gasteiger partial charge on any atom is -0.490 e. The normalized spacial score (nSPS) is 17.2. The summed E-state index contributed by atoms with van der Waals surface area (Å²) in [6.45, 7) is 1.81. The van der Waals surface area contributed by atoms with Gasteiger partial charge in [-0.2, -0.15) is 0 Å². The molecule has 1 saturated carbocycles. The summed E-state index contributed by atoms with van der Waals surface area (Å²) in [7, 11) is 0. The summed E-state index contributed by atoms with van der Waals surface area (Å²) in [5, 5.41) is 8.97. The van der Waals surface area contributed by atoms with E-state index in [2.05, 4.69) is 0 Å². The van der Waals surface area contributed by atoms with Crippen LogP contribution < -0.4 is 4.74 Å². The molecule has 3 nitrogen and oxygen atoms in total. The van der Waals surface area contributed by atoms with Crippen molar-refractivity contribution in [3.63, 3.8) is 0 Å². The van der Waals surface area contributed by atoms with E-state index in [1.165, 1.54) is 25.7 Å². The second-order valence-corrected chi connectivity index (χ2v) is 5.01. The molecule has 18 heavy (non-hydrogen) atoms. The van der Waals surface area contributed by atoms with Crippen LogP contribution in [0.1, 0.15) is 54.4 Å². The van der Waals surface area contributed by atoms with Crippen LogP contribution in [-0.2, 0) is 0 Å². The van der Waals surface area contributed by atoms with Gasteiger partial charge in [0, 0.05) is 0 Å². The number of aryl methyl sites for hydroxylation is 1. The number of hydrogen-bond acceptors (Lipinski definition) is 2. The molecular formula is C15H20O3. The van der Waals surface area contributed by atoms with Gasteiger partial charge in [0.2, 0.25) is 0 Å². The highest BCUT2D eigenvalue weighted by Crippen LogP contribution is 2.24. The lowest BCUT2D eigenvalue weighted by Gasteiger charge is -2.17. The fraction of sp³-hybridized carbons (Fsp3) is 0.533. The quantitative estimate of drug-likeness (QED) is 0.828. The third-order valence-electron chi connectivity index (χ3n) is 3.53. The Morgan fingerprint density at radius 2 is 1.89 bits per heavy atom. The first kappa shape index (κ1) is 12.9. The third-order valence-corrected chi connectivity index (χ3v) is 3.53. The molecule has 0 spiro atoms. The van der Waals surface area contributed by atoms with Gasteiger partial charge in [-0.1, -0.05) is 12.8 Å². The molecule has 1 aromatic rings. The SMILES string of the molecule is Cc1cc(OC2CCCCCC2)ccc1C(=O)O. The molecule has 0 heterocycles. The number of benzene rings is 1. The molecule has 3 heteroatoms. The summed E-state index contributed by atoms with van der Waals surface area (Å²) >= 11 is 0. The number of rotatable bonds is 3. The number of carboxylic acids is 1. The smallest absolute Gasteiger partial charge is 0.335 e. The summed E-state index contributed by atoms with van der Waals surface area (Å²) in [5.41, 5.74) is 1.11. The van der Waals surface area contributed by atoms with Gasteiger partial charge in [-0.25, -0.2) is 4.79 Å². The van der Waals surface area contributed by atoms with Gasteiger partial charge in [0.15, 0.2) is 0 Å². The molecule has 1 aromatic carbocycles. The van der Waals surface area contributed by atoms with Crippen LogP contribution in [0.5, 0.6) is 5.75 Å². The van der Waals surface area contributed by atoms with Crippen LogP contribution in [-0.4, -0.2) is 17.2 Å². The van der Waals surface area contributed by atoms with Crippen LogP contribution >= 0.6 is 0 Å². The Balaban J connectivity index is 2.05. The van der Waals surface area contributed by atoms with Crippen molar-refractivity contribution in [2.45, 2.75) is 51.6 Å². The summed E-state index contributed by atoms with van der Waals surface area (Å²) in [4.78, 5) is 10.9. The summed E-state index contributed by atoms with van der Waals surface area (Å²) in [6, 6.07) is 5.22. The molecule has 1 aliphatic carbocycles. The molecule has 0 atom stereocenters. The zero-order valence-corrected chi connectivity index (χ0v) is 10.8. The fourth-order valence-electron chi connectivity index (χ4n) is 2.50. The second-order valence-electron chi connectivity index (χ2n) is 5.01. The number of ether oxygens (including phenoxy) is 1. The molecule has 1 fully saturated rings.